The Kier molecular flexibility index (Phi) is 7.00. The number of hydrogen-bond acceptors (Lipinski definition) is 6. The molecule has 1 spiro atoms. The predicted octanol–water partition coefficient (Wildman–Crippen LogP) is 3.38. The molecule has 0 radical (unpaired) electrons. The predicted molar refractivity (Wildman–Crippen MR) is 145 cm³/mol. The summed E-state index contributed by atoms with van der Waals surface area (Å²) in [4.78, 5) is 0.285. The number of sulfonamides is 1. The molecule has 3 aliphatic rings. The Hall–Kier alpha value is -3.30. The van der Waals surface area contributed by atoms with Crippen molar-refractivity contribution >= 4 is 21.7 Å². The number of rotatable bonds is 7. The van der Waals surface area contributed by atoms with Crippen LogP contribution in [0.2, 0.25) is 0 Å². The Labute approximate surface area is 219 Å². The zero-order valence-corrected chi connectivity index (χ0v) is 22.5. The van der Waals surface area contributed by atoms with Crippen LogP contribution in [0.15, 0.2) is 83.1 Å². The molecular formula is C28H36N5O3S+. The van der Waals surface area contributed by atoms with Crippen LogP contribution in [0, 0.1) is 0 Å². The molecule has 2 heterocycles. The van der Waals surface area contributed by atoms with Gasteiger partial charge in [-0.15, -0.1) is 0 Å². The summed E-state index contributed by atoms with van der Waals surface area (Å²) in [7, 11) is 1.27. The van der Waals surface area contributed by atoms with E-state index in [0.717, 1.165) is 22.8 Å². The zero-order valence-electron chi connectivity index (χ0n) is 21.7. The van der Waals surface area contributed by atoms with Crippen LogP contribution in [0.4, 0.5) is 5.69 Å². The summed E-state index contributed by atoms with van der Waals surface area (Å²) < 4.78 is 34.1. The van der Waals surface area contributed by atoms with Gasteiger partial charge < -0.3 is 4.74 Å². The van der Waals surface area contributed by atoms with Gasteiger partial charge in [-0.25, -0.2) is 18.0 Å². The summed E-state index contributed by atoms with van der Waals surface area (Å²) in [5.74, 6) is 0.926. The highest BCUT2D eigenvalue weighted by Crippen LogP contribution is 2.35. The standard InChI is InChI=1S/C28H35N5O3S/c1-32(2)37(34,35)25-17-14-21(15-18-25)20-22-16-19-26(36-3)30-28(22)31-27(29-23-10-6-4-7-11-23)33(28)24-12-8-5-9-13-24/h5,8-9,12-19,23,30H,4,6-7,10-11,20H2,1-3H3,(H,29,31)/p+1. The van der Waals surface area contributed by atoms with E-state index in [1.54, 1.807) is 33.3 Å². The first-order valence-electron chi connectivity index (χ1n) is 12.9. The second kappa shape index (κ2) is 10.2. The van der Waals surface area contributed by atoms with Crippen LogP contribution in [-0.4, -0.2) is 56.3 Å². The van der Waals surface area contributed by atoms with Crippen molar-refractivity contribution in [1.82, 2.24) is 20.3 Å². The van der Waals surface area contributed by atoms with Gasteiger partial charge in [0.2, 0.25) is 10.0 Å². The number of methoxy groups -OCH3 is 1. The normalized spacial score (nSPS) is 22.1. The van der Waals surface area contributed by atoms with Crippen LogP contribution in [0.3, 0.4) is 0 Å². The highest BCUT2D eigenvalue weighted by Gasteiger charge is 2.57. The van der Waals surface area contributed by atoms with Gasteiger partial charge in [-0.05, 0) is 54.8 Å². The number of benzene rings is 2. The lowest BCUT2D eigenvalue weighted by Crippen LogP contribution is -2.79. The van der Waals surface area contributed by atoms with Gasteiger partial charge in [0, 0.05) is 26.1 Å². The van der Waals surface area contributed by atoms with Crippen molar-refractivity contribution in [2.45, 2.75) is 55.2 Å². The number of ether oxygens (including phenoxy) is 1. The molecule has 1 saturated carbocycles. The first-order chi connectivity index (χ1) is 17.8. The molecule has 2 aromatic rings. The van der Waals surface area contributed by atoms with Crippen LogP contribution >= 0.6 is 0 Å². The van der Waals surface area contributed by atoms with E-state index in [0.29, 0.717) is 18.3 Å². The molecule has 1 aliphatic carbocycles. The lowest BCUT2D eigenvalue weighted by atomic mass is 9.92. The average Bonchev–Trinajstić information content (AvgIpc) is 2.90. The molecule has 9 heteroatoms. The van der Waals surface area contributed by atoms with Crippen LogP contribution in [0.5, 0.6) is 0 Å². The molecule has 2 aliphatic heterocycles. The van der Waals surface area contributed by atoms with Crippen molar-refractivity contribution in [2.75, 3.05) is 21.2 Å². The topological polar surface area (TPSA) is 85.7 Å². The first-order valence-corrected chi connectivity index (χ1v) is 14.3. The minimum atomic E-state index is -3.47. The summed E-state index contributed by atoms with van der Waals surface area (Å²) in [6.07, 6.45) is 10.8. The third kappa shape index (κ3) is 4.85. The fourth-order valence-corrected chi connectivity index (χ4v) is 6.16. The largest absolute Gasteiger partial charge is 0.482 e. The molecule has 3 N–H and O–H groups in total. The molecule has 0 bridgehead atoms. The summed E-state index contributed by atoms with van der Waals surface area (Å²) in [6, 6.07) is 17.9. The Morgan fingerprint density at radius 2 is 1.70 bits per heavy atom. The van der Waals surface area contributed by atoms with Gasteiger partial charge in [-0.3, -0.25) is 10.6 Å². The molecule has 0 amide bonds. The van der Waals surface area contributed by atoms with Crippen molar-refractivity contribution in [1.29, 1.82) is 0 Å². The Bertz CT molecular complexity index is 1330. The van der Waals surface area contributed by atoms with E-state index in [1.165, 1.54) is 36.4 Å². The third-order valence-electron chi connectivity index (χ3n) is 7.34. The van der Waals surface area contributed by atoms with Gasteiger partial charge in [0.1, 0.15) is 5.69 Å². The van der Waals surface area contributed by atoms with Crippen LogP contribution in [0.1, 0.15) is 37.7 Å². The second-order valence-corrected chi connectivity index (χ2v) is 12.1. The summed E-state index contributed by atoms with van der Waals surface area (Å²) >= 11 is 0. The van der Waals surface area contributed by atoms with Crippen LogP contribution < -0.4 is 16.0 Å². The smallest absolute Gasteiger partial charge is 0.360 e. The van der Waals surface area contributed by atoms with Gasteiger partial charge in [0.15, 0.2) is 5.88 Å². The molecule has 8 nitrogen and oxygen atoms in total. The fraction of sp³-hybridized carbons (Fsp3) is 0.393. The van der Waals surface area contributed by atoms with Gasteiger partial charge in [0.05, 0.1) is 18.0 Å². The number of para-hydroxylation sites is 1. The van der Waals surface area contributed by atoms with E-state index in [1.807, 2.05) is 36.4 Å². The first kappa shape index (κ1) is 25.4. The molecule has 1 unspecified atom stereocenters. The maximum absolute atomic E-state index is 12.5. The molecule has 0 saturated heterocycles. The minimum Gasteiger partial charge on any atom is -0.482 e. The number of guanidine groups is 1. The van der Waals surface area contributed by atoms with Crippen molar-refractivity contribution in [3.8, 4) is 0 Å². The van der Waals surface area contributed by atoms with E-state index in [9.17, 15) is 8.42 Å². The third-order valence-corrected chi connectivity index (χ3v) is 9.17. The molecule has 0 aromatic heterocycles. The number of nitrogens with zero attached hydrogens (tertiary/aromatic N) is 2. The lowest BCUT2D eigenvalue weighted by molar-refractivity contribution is -0.575. The molecule has 37 heavy (non-hydrogen) atoms. The molecular weight excluding hydrogens is 486 g/mol. The van der Waals surface area contributed by atoms with Crippen molar-refractivity contribution in [3.05, 3.63) is 83.8 Å². The van der Waals surface area contributed by atoms with E-state index < -0.39 is 15.8 Å². The summed E-state index contributed by atoms with van der Waals surface area (Å²) in [6.45, 7) is 0. The summed E-state index contributed by atoms with van der Waals surface area (Å²) in [5, 5.41) is 11.0. The SMILES string of the molecule is COC1=CC=C(Cc2ccc(S(=O)(=O)N(C)C)cc2)C2(N1)NC(NC1CCCCC1)=[N+]2c1ccccc1. The van der Waals surface area contributed by atoms with E-state index in [2.05, 4.69) is 38.7 Å². The fourth-order valence-electron chi connectivity index (χ4n) is 5.26. The van der Waals surface area contributed by atoms with Gasteiger partial charge in [-0.2, -0.15) is 4.58 Å². The maximum atomic E-state index is 12.5. The maximum Gasteiger partial charge on any atom is 0.360 e. The lowest BCUT2D eigenvalue weighted by Gasteiger charge is -2.46. The molecule has 196 valence electrons. The Morgan fingerprint density at radius 1 is 1.00 bits per heavy atom. The van der Waals surface area contributed by atoms with Gasteiger partial charge in [0.25, 0.3) is 0 Å². The van der Waals surface area contributed by atoms with E-state index in [4.69, 9.17) is 4.74 Å². The Morgan fingerprint density at radius 3 is 2.35 bits per heavy atom. The zero-order chi connectivity index (χ0) is 26.0. The van der Waals surface area contributed by atoms with Crippen molar-refractivity contribution in [2.24, 2.45) is 0 Å². The summed E-state index contributed by atoms with van der Waals surface area (Å²) in [5.41, 5.74) is 3.17. The Balaban J connectivity index is 1.50. The molecule has 2 aromatic carbocycles. The minimum absolute atomic E-state index is 0.285. The van der Waals surface area contributed by atoms with E-state index >= 15 is 0 Å². The highest BCUT2D eigenvalue weighted by molar-refractivity contribution is 7.89. The molecule has 1 atom stereocenters. The number of allylic oxidation sites excluding steroid dienone is 2. The average molecular weight is 523 g/mol. The monoisotopic (exact) mass is 522 g/mol. The van der Waals surface area contributed by atoms with Gasteiger partial charge in [-0.1, -0.05) is 49.6 Å². The second-order valence-electron chi connectivity index (χ2n) is 9.99. The van der Waals surface area contributed by atoms with Crippen LogP contribution in [0.25, 0.3) is 0 Å². The molecule has 1 fully saturated rings. The van der Waals surface area contributed by atoms with Crippen molar-refractivity contribution < 1.29 is 17.7 Å². The number of hydrogen-bond donors (Lipinski definition) is 3. The van der Waals surface area contributed by atoms with Gasteiger partial charge >= 0.3 is 11.7 Å². The quantitative estimate of drug-likeness (QED) is 0.484. The van der Waals surface area contributed by atoms with Crippen molar-refractivity contribution in [3.63, 3.8) is 0 Å². The van der Waals surface area contributed by atoms with E-state index in [-0.39, 0.29) is 4.90 Å². The number of nitrogens with one attached hydrogen (secondary N) is 3. The number of dihydropyridines is 1. The molecule has 5 rings (SSSR count). The van der Waals surface area contributed by atoms with Crippen LogP contribution in [-0.2, 0) is 21.2 Å². The highest BCUT2D eigenvalue weighted by atomic mass is 32.2.